The van der Waals surface area contributed by atoms with Gasteiger partial charge in [0.25, 0.3) is 0 Å². The zero-order valence-corrected chi connectivity index (χ0v) is 15.6. The second-order valence-corrected chi connectivity index (χ2v) is 7.74. The molecule has 5 heteroatoms. The number of aliphatic hydroxyl groups excluding tert-OH is 1. The van der Waals surface area contributed by atoms with Crippen LogP contribution in [-0.4, -0.2) is 41.0 Å². The highest BCUT2D eigenvalue weighted by Crippen LogP contribution is 2.32. The number of nitrogens with one attached hydrogen (secondary N) is 1. The van der Waals surface area contributed by atoms with E-state index in [1.54, 1.807) is 0 Å². The topological polar surface area (TPSA) is 69.6 Å². The molecule has 5 nitrogen and oxygen atoms in total. The van der Waals surface area contributed by atoms with Crippen molar-refractivity contribution in [2.75, 3.05) is 13.1 Å². The zero-order chi connectivity index (χ0) is 18.5. The molecule has 26 heavy (non-hydrogen) atoms. The van der Waals surface area contributed by atoms with Crippen molar-refractivity contribution in [3.63, 3.8) is 0 Å². The van der Waals surface area contributed by atoms with Gasteiger partial charge >= 0.3 is 0 Å². The van der Waals surface area contributed by atoms with Crippen LogP contribution < -0.4 is 5.32 Å². The first kappa shape index (κ1) is 18.9. The minimum Gasteiger partial charge on any atom is -0.388 e. The molecule has 1 saturated carbocycles. The first-order valence-electron chi connectivity index (χ1n) is 9.85. The smallest absolute Gasteiger partial charge is 0.245 e. The molecule has 1 saturated heterocycles. The molecule has 1 aliphatic heterocycles. The number of nitrogens with zero attached hydrogens (tertiary/aromatic N) is 1. The summed E-state index contributed by atoms with van der Waals surface area (Å²) in [5.74, 6) is 0.357. The van der Waals surface area contributed by atoms with Gasteiger partial charge in [0.1, 0.15) is 6.04 Å². The van der Waals surface area contributed by atoms with Crippen molar-refractivity contribution in [3.8, 4) is 0 Å². The summed E-state index contributed by atoms with van der Waals surface area (Å²) in [6.45, 7) is 2.78. The van der Waals surface area contributed by atoms with Crippen LogP contribution in [0.1, 0.15) is 57.1 Å². The van der Waals surface area contributed by atoms with Crippen molar-refractivity contribution in [1.29, 1.82) is 0 Å². The van der Waals surface area contributed by atoms with Gasteiger partial charge in [0.05, 0.1) is 6.10 Å². The van der Waals surface area contributed by atoms with E-state index in [2.05, 4.69) is 5.32 Å². The van der Waals surface area contributed by atoms with Crippen molar-refractivity contribution >= 4 is 11.8 Å². The van der Waals surface area contributed by atoms with Gasteiger partial charge in [-0.25, -0.2) is 0 Å². The van der Waals surface area contributed by atoms with E-state index in [1.807, 2.05) is 35.2 Å². The second-order valence-electron chi connectivity index (χ2n) is 7.74. The average molecular weight is 358 g/mol. The van der Waals surface area contributed by atoms with Crippen LogP contribution in [0.25, 0.3) is 0 Å². The highest BCUT2D eigenvalue weighted by atomic mass is 16.3. The second kappa shape index (κ2) is 8.67. The summed E-state index contributed by atoms with van der Waals surface area (Å²) in [6.07, 6.45) is 5.41. The summed E-state index contributed by atoms with van der Waals surface area (Å²) in [5, 5.41) is 13.5. The average Bonchev–Trinajstić information content (AvgIpc) is 3.20. The number of hydrogen-bond donors (Lipinski definition) is 2. The minimum atomic E-state index is -0.477. The molecule has 1 heterocycles. The van der Waals surface area contributed by atoms with Gasteiger partial charge in [-0.05, 0) is 43.1 Å². The lowest BCUT2D eigenvalue weighted by Gasteiger charge is -2.37. The number of carbonyl (C=O) groups is 2. The van der Waals surface area contributed by atoms with Gasteiger partial charge in [0, 0.05) is 20.0 Å². The molecule has 2 aliphatic rings. The largest absolute Gasteiger partial charge is 0.388 e. The van der Waals surface area contributed by atoms with E-state index in [1.165, 1.54) is 6.92 Å². The van der Waals surface area contributed by atoms with E-state index < -0.39 is 6.10 Å². The predicted octanol–water partition coefficient (Wildman–Crippen LogP) is 2.65. The Bertz CT molecular complexity index is 605. The maximum absolute atomic E-state index is 13.0. The first-order chi connectivity index (χ1) is 12.6. The Labute approximate surface area is 155 Å². The molecule has 2 fully saturated rings. The van der Waals surface area contributed by atoms with Crippen LogP contribution in [0.5, 0.6) is 0 Å². The van der Waals surface area contributed by atoms with Gasteiger partial charge in [-0.3, -0.25) is 9.59 Å². The van der Waals surface area contributed by atoms with E-state index in [4.69, 9.17) is 0 Å². The third kappa shape index (κ3) is 4.44. The van der Waals surface area contributed by atoms with Crippen molar-refractivity contribution in [3.05, 3.63) is 35.9 Å². The van der Waals surface area contributed by atoms with Crippen LogP contribution in [0.4, 0.5) is 0 Å². The van der Waals surface area contributed by atoms with E-state index in [0.717, 1.165) is 44.1 Å². The Morgan fingerprint density at radius 1 is 1.04 bits per heavy atom. The monoisotopic (exact) mass is 358 g/mol. The van der Waals surface area contributed by atoms with Gasteiger partial charge in [-0.15, -0.1) is 0 Å². The van der Waals surface area contributed by atoms with Crippen molar-refractivity contribution in [2.24, 2.45) is 11.8 Å². The number of rotatable bonds is 5. The fourth-order valence-electron chi connectivity index (χ4n) is 4.45. The van der Waals surface area contributed by atoms with Gasteiger partial charge in [-0.2, -0.15) is 0 Å². The first-order valence-corrected chi connectivity index (χ1v) is 9.85. The summed E-state index contributed by atoms with van der Waals surface area (Å²) in [4.78, 5) is 26.5. The lowest BCUT2D eigenvalue weighted by Crippen LogP contribution is -2.53. The predicted molar refractivity (Wildman–Crippen MR) is 100 cm³/mol. The molecule has 1 aliphatic carbocycles. The molecule has 0 bridgehead atoms. The molecule has 2 N–H and O–H groups in total. The fourth-order valence-corrected chi connectivity index (χ4v) is 4.45. The third-order valence-electron chi connectivity index (χ3n) is 5.93. The number of likely N-dealkylation sites (tertiary alicyclic amines) is 1. The van der Waals surface area contributed by atoms with E-state index >= 15 is 0 Å². The summed E-state index contributed by atoms with van der Waals surface area (Å²) < 4.78 is 0. The molecule has 2 unspecified atom stereocenters. The zero-order valence-electron chi connectivity index (χ0n) is 15.6. The van der Waals surface area contributed by atoms with Crippen LogP contribution in [-0.2, 0) is 9.59 Å². The van der Waals surface area contributed by atoms with Gasteiger partial charge in [0.15, 0.2) is 0 Å². The summed E-state index contributed by atoms with van der Waals surface area (Å²) in [7, 11) is 0. The highest BCUT2D eigenvalue weighted by molar-refractivity contribution is 5.87. The summed E-state index contributed by atoms with van der Waals surface area (Å²) in [5.41, 5.74) is 0.944. The normalized spacial score (nSPS) is 21.4. The van der Waals surface area contributed by atoms with E-state index in [0.29, 0.717) is 13.1 Å². The van der Waals surface area contributed by atoms with Crippen molar-refractivity contribution < 1.29 is 14.7 Å². The minimum absolute atomic E-state index is 0.0553. The van der Waals surface area contributed by atoms with Crippen LogP contribution in [0.3, 0.4) is 0 Å². The number of aliphatic hydroxyl groups is 1. The van der Waals surface area contributed by atoms with Gasteiger partial charge in [-0.1, -0.05) is 43.2 Å². The maximum atomic E-state index is 13.0. The molecule has 0 aromatic heterocycles. The fraction of sp³-hybridized carbons (Fsp3) is 0.619. The Kier molecular flexibility index (Phi) is 6.30. The third-order valence-corrected chi connectivity index (χ3v) is 5.93. The molecule has 1 aromatic carbocycles. The molecule has 0 spiro atoms. The quantitative estimate of drug-likeness (QED) is 0.850. The SMILES string of the molecule is CC(=O)NC(C(=O)N1CCC(C(O)c2ccccc2)CC1)C1CCCC1. The van der Waals surface area contributed by atoms with Crippen LogP contribution in [0, 0.1) is 11.8 Å². The Balaban J connectivity index is 1.59. The Morgan fingerprint density at radius 2 is 1.65 bits per heavy atom. The Morgan fingerprint density at radius 3 is 2.23 bits per heavy atom. The van der Waals surface area contributed by atoms with Gasteiger partial charge in [0.2, 0.25) is 11.8 Å². The van der Waals surface area contributed by atoms with Crippen molar-refractivity contribution in [1.82, 2.24) is 10.2 Å². The lowest BCUT2D eigenvalue weighted by molar-refractivity contribution is -0.139. The number of benzene rings is 1. The molecule has 1 aromatic rings. The number of piperidine rings is 1. The van der Waals surface area contributed by atoms with E-state index in [-0.39, 0.29) is 29.7 Å². The molecule has 2 atom stereocenters. The number of hydrogen-bond acceptors (Lipinski definition) is 3. The highest BCUT2D eigenvalue weighted by Gasteiger charge is 2.36. The number of amides is 2. The Hall–Kier alpha value is -1.88. The molecule has 3 rings (SSSR count). The van der Waals surface area contributed by atoms with Crippen LogP contribution >= 0.6 is 0 Å². The van der Waals surface area contributed by atoms with Crippen molar-refractivity contribution in [2.45, 2.75) is 57.6 Å². The molecule has 0 radical (unpaired) electrons. The number of carbonyl (C=O) groups excluding carboxylic acids is 2. The molecular formula is C21H30N2O3. The van der Waals surface area contributed by atoms with Gasteiger partial charge < -0.3 is 15.3 Å². The van der Waals surface area contributed by atoms with Crippen LogP contribution in [0.2, 0.25) is 0 Å². The standard InChI is InChI=1S/C21H30N2O3/c1-15(24)22-19(16-7-5-6-8-16)21(26)23-13-11-18(12-14-23)20(25)17-9-3-2-4-10-17/h2-4,9-10,16,18-20,25H,5-8,11-14H2,1H3,(H,22,24). The molecule has 142 valence electrons. The maximum Gasteiger partial charge on any atom is 0.245 e. The molecular weight excluding hydrogens is 328 g/mol. The lowest BCUT2D eigenvalue weighted by atomic mass is 9.87. The van der Waals surface area contributed by atoms with E-state index in [9.17, 15) is 14.7 Å². The molecule has 2 amide bonds. The van der Waals surface area contributed by atoms with Crippen LogP contribution in [0.15, 0.2) is 30.3 Å². The summed E-state index contributed by atoms with van der Waals surface area (Å²) in [6, 6.07) is 9.35. The summed E-state index contributed by atoms with van der Waals surface area (Å²) >= 11 is 0.